The Morgan fingerprint density at radius 3 is 3.18 bits per heavy atom. The van der Waals surface area contributed by atoms with Crippen molar-refractivity contribution in [3.8, 4) is 0 Å². The molecule has 1 N–H and O–H groups in total. The molecule has 2 nitrogen and oxygen atoms in total. The molecule has 17 heavy (non-hydrogen) atoms. The van der Waals surface area contributed by atoms with Gasteiger partial charge in [0.2, 0.25) is 0 Å². The van der Waals surface area contributed by atoms with E-state index in [0.29, 0.717) is 0 Å². The van der Waals surface area contributed by atoms with E-state index in [0.717, 1.165) is 24.9 Å². The molecule has 0 saturated carbocycles. The van der Waals surface area contributed by atoms with E-state index >= 15 is 0 Å². The molecular weight excluding hydrogens is 248 g/mol. The Hall–Kier alpha value is -0.0600. The monoisotopic (exact) mass is 270 g/mol. The van der Waals surface area contributed by atoms with Gasteiger partial charge in [0.25, 0.3) is 0 Å². The van der Waals surface area contributed by atoms with Gasteiger partial charge in [-0.05, 0) is 18.6 Å². The fraction of sp³-hybridized carbons (Fsp3) is 0.692. The number of nitrogens with one attached hydrogen (secondary N) is 1. The van der Waals surface area contributed by atoms with Crippen LogP contribution < -0.4 is 5.32 Å². The largest absolute Gasteiger partial charge is 0.350 e. The van der Waals surface area contributed by atoms with Crippen molar-refractivity contribution >= 4 is 23.5 Å². The Kier molecular flexibility index (Phi) is 5.81. The maximum Gasteiger partial charge on any atom is 0.0359 e. The van der Waals surface area contributed by atoms with E-state index in [1.807, 2.05) is 0 Å². The summed E-state index contributed by atoms with van der Waals surface area (Å²) in [5, 5.41) is 4.41. The Labute approximate surface area is 113 Å². The minimum atomic E-state index is 0.809. The van der Waals surface area contributed by atoms with Crippen molar-refractivity contribution in [3.05, 3.63) is 24.0 Å². The summed E-state index contributed by atoms with van der Waals surface area (Å²) in [6.45, 7) is 5.52. The van der Waals surface area contributed by atoms with Crippen LogP contribution >= 0.6 is 23.5 Å². The highest BCUT2D eigenvalue weighted by atomic mass is 32.2. The molecule has 1 saturated heterocycles. The predicted molar refractivity (Wildman–Crippen MR) is 80.0 cm³/mol. The van der Waals surface area contributed by atoms with Crippen LogP contribution in [0.25, 0.3) is 0 Å². The standard InChI is InChI=1S/C13H22N2S2/c1-2-5-15-6-3-4-12(15)9-14-10-13-11-16-7-8-17-13/h3-4,6,13-14H,2,5,7-11H2,1H3. The maximum atomic E-state index is 3.60. The Morgan fingerprint density at radius 1 is 1.47 bits per heavy atom. The van der Waals surface area contributed by atoms with Gasteiger partial charge in [-0.3, -0.25) is 0 Å². The van der Waals surface area contributed by atoms with Crippen LogP contribution in [0.3, 0.4) is 0 Å². The van der Waals surface area contributed by atoms with Crippen molar-refractivity contribution in [2.24, 2.45) is 0 Å². The van der Waals surface area contributed by atoms with Crippen molar-refractivity contribution in [2.45, 2.75) is 31.7 Å². The van der Waals surface area contributed by atoms with Gasteiger partial charge in [-0.25, -0.2) is 0 Å². The second-order valence-electron chi connectivity index (χ2n) is 4.39. The molecule has 0 bridgehead atoms. The van der Waals surface area contributed by atoms with Crippen molar-refractivity contribution in [3.63, 3.8) is 0 Å². The van der Waals surface area contributed by atoms with Crippen LogP contribution in [-0.4, -0.2) is 33.6 Å². The van der Waals surface area contributed by atoms with Gasteiger partial charge in [-0.1, -0.05) is 6.92 Å². The molecule has 1 aliphatic rings. The van der Waals surface area contributed by atoms with E-state index in [4.69, 9.17) is 0 Å². The van der Waals surface area contributed by atoms with Crippen molar-refractivity contribution in [1.82, 2.24) is 9.88 Å². The van der Waals surface area contributed by atoms with Crippen molar-refractivity contribution in [1.29, 1.82) is 0 Å². The second-order valence-corrected chi connectivity index (χ2v) is 6.95. The molecular formula is C13H22N2S2. The average molecular weight is 270 g/mol. The predicted octanol–water partition coefficient (Wildman–Crippen LogP) is 2.84. The quantitative estimate of drug-likeness (QED) is 0.857. The molecule has 1 aromatic rings. The third-order valence-electron chi connectivity index (χ3n) is 2.95. The number of aryl methyl sites for hydroxylation is 1. The van der Waals surface area contributed by atoms with Gasteiger partial charge in [-0.15, -0.1) is 0 Å². The first-order valence-electron chi connectivity index (χ1n) is 6.44. The number of hydrogen-bond donors (Lipinski definition) is 1. The Bertz CT molecular complexity index is 319. The van der Waals surface area contributed by atoms with Gasteiger partial charge in [0.1, 0.15) is 0 Å². The summed E-state index contributed by atoms with van der Waals surface area (Å²) in [5.41, 5.74) is 1.42. The van der Waals surface area contributed by atoms with Gasteiger partial charge >= 0.3 is 0 Å². The normalized spacial score (nSPS) is 20.6. The molecule has 2 rings (SSSR count). The van der Waals surface area contributed by atoms with Gasteiger partial charge in [0.15, 0.2) is 0 Å². The summed E-state index contributed by atoms with van der Waals surface area (Å²) in [6, 6.07) is 4.38. The first-order valence-corrected chi connectivity index (χ1v) is 8.64. The molecule has 2 heterocycles. The highest BCUT2D eigenvalue weighted by molar-refractivity contribution is 8.06. The molecule has 0 aromatic carbocycles. The smallest absolute Gasteiger partial charge is 0.0359 e. The van der Waals surface area contributed by atoms with E-state index in [9.17, 15) is 0 Å². The molecule has 1 unspecified atom stereocenters. The SMILES string of the molecule is CCCn1cccc1CNCC1CSCCS1. The lowest BCUT2D eigenvalue weighted by molar-refractivity contribution is 0.602. The van der Waals surface area contributed by atoms with Gasteiger partial charge in [-0.2, -0.15) is 23.5 Å². The van der Waals surface area contributed by atoms with Crippen LogP contribution in [0.4, 0.5) is 0 Å². The zero-order valence-electron chi connectivity index (χ0n) is 10.5. The van der Waals surface area contributed by atoms with Crippen LogP contribution in [-0.2, 0) is 13.1 Å². The van der Waals surface area contributed by atoms with Crippen LogP contribution in [0.1, 0.15) is 19.0 Å². The third-order valence-corrected chi connectivity index (χ3v) is 5.80. The lowest BCUT2D eigenvalue weighted by atomic mass is 10.3. The zero-order valence-corrected chi connectivity index (χ0v) is 12.2. The van der Waals surface area contributed by atoms with Crippen LogP contribution in [0, 0.1) is 0 Å². The second kappa shape index (κ2) is 7.39. The van der Waals surface area contributed by atoms with E-state index in [2.05, 4.69) is 58.7 Å². The highest BCUT2D eigenvalue weighted by Gasteiger charge is 2.13. The number of thioether (sulfide) groups is 2. The topological polar surface area (TPSA) is 17.0 Å². The minimum absolute atomic E-state index is 0.809. The molecule has 1 aromatic heterocycles. The molecule has 0 radical (unpaired) electrons. The molecule has 0 aliphatic carbocycles. The Morgan fingerprint density at radius 2 is 2.41 bits per heavy atom. The molecule has 1 aliphatic heterocycles. The fourth-order valence-corrected chi connectivity index (χ4v) is 4.73. The van der Waals surface area contributed by atoms with E-state index < -0.39 is 0 Å². The summed E-state index contributed by atoms with van der Waals surface area (Å²) in [6.07, 6.45) is 3.39. The zero-order chi connectivity index (χ0) is 11.9. The lowest BCUT2D eigenvalue weighted by Gasteiger charge is -2.21. The summed E-state index contributed by atoms with van der Waals surface area (Å²) in [7, 11) is 0. The van der Waals surface area contributed by atoms with Gasteiger partial charge in [0.05, 0.1) is 0 Å². The first kappa shape index (κ1) is 13.4. The molecule has 1 atom stereocenters. The van der Waals surface area contributed by atoms with Crippen LogP contribution in [0.2, 0.25) is 0 Å². The molecule has 96 valence electrons. The van der Waals surface area contributed by atoms with E-state index in [1.54, 1.807) is 0 Å². The van der Waals surface area contributed by atoms with Crippen LogP contribution in [0.15, 0.2) is 18.3 Å². The highest BCUT2D eigenvalue weighted by Crippen LogP contribution is 2.23. The summed E-state index contributed by atoms with van der Waals surface area (Å²) in [5.74, 6) is 3.97. The average Bonchev–Trinajstić information content (AvgIpc) is 2.79. The molecule has 4 heteroatoms. The fourth-order valence-electron chi connectivity index (χ4n) is 2.08. The molecule has 0 amide bonds. The maximum absolute atomic E-state index is 3.60. The number of nitrogens with zero attached hydrogens (tertiary/aromatic N) is 1. The number of hydrogen-bond acceptors (Lipinski definition) is 3. The van der Waals surface area contributed by atoms with E-state index in [-0.39, 0.29) is 0 Å². The van der Waals surface area contributed by atoms with Gasteiger partial charge < -0.3 is 9.88 Å². The number of rotatable bonds is 6. The minimum Gasteiger partial charge on any atom is -0.350 e. The first-order chi connectivity index (χ1) is 8.40. The summed E-state index contributed by atoms with van der Waals surface area (Å²) >= 11 is 4.22. The number of aromatic nitrogens is 1. The van der Waals surface area contributed by atoms with Crippen molar-refractivity contribution < 1.29 is 0 Å². The van der Waals surface area contributed by atoms with Crippen LogP contribution in [0.5, 0.6) is 0 Å². The third kappa shape index (κ3) is 4.27. The lowest BCUT2D eigenvalue weighted by Crippen LogP contribution is -2.29. The van der Waals surface area contributed by atoms with Gasteiger partial charge in [0, 0.05) is 54.0 Å². The molecule has 1 fully saturated rings. The summed E-state index contributed by atoms with van der Waals surface area (Å²) in [4.78, 5) is 0. The Balaban J connectivity index is 1.71. The van der Waals surface area contributed by atoms with Crippen molar-refractivity contribution in [2.75, 3.05) is 23.8 Å². The molecule has 0 spiro atoms. The van der Waals surface area contributed by atoms with E-state index in [1.165, 1.54) is 29.4 Å². The summed E-state index contributed by atoms with van der Waals surface area (Å²) < 4.78 is 2.36.